The SMILES string of the molecule is C#C[C@H]1CN(c2ccc(C(=O)Nc3cc(F)c4nn(C)cc4c3)c3nc(OC[C@@H]4CCCOC4)ncc23)C[C@H](C)N1. The molecular formula is C30H32FN7O3. The van der Waals surface area contributed by atoms with Crippen LogP contribution >= 0.6 is 0 Å². The zero-order valence-corrected chi connectivity index (χ0v) is 23.1. The first-order valence-electron chi connectivity index (χ1n) is 13.8. The molecule has 2 fully saturated rings. The molecule has 2 N–H and O–H groups in total. The average Bonchev–Trinajstić information content (AvgIpc) is 3.36. The average molecular weight is 558 g/mol. The molecule has 0 radical (unpaired) electrons. The van der Waals surface area contributed by atoms with Crippen molar-refractivity contribution in [2.45, 2.75) is 31.8 Å². The highest BCUT2D eigenvalue weighted by Crippen LogP contribution is 2.31. The van der Waals surface area contributed by atoms with E-state index in [2.05, 4.69) is 38.5 Å². The lowest BCUT2D eigenvalue weighted by Gasteiger charge is -2.37. The molecule has 0 saturated carbocycles. The van der Waals surface area contributed by atoms with Crippen LogP contribution in [0.4, 0.5) is 15.8 Å². The van der Waals surface area contributed by atoms with Crippen molar-refractivity contribution in [3.05, 3.63) is 48.0 Å². The Morgan fingerprint density at radius 3 is 3.00 bits per heavy atom. The van der Waals surface area contributed by atoms with Crippen LogP contribution in [0.2, 0.25) is 0 Å². The molecule has 212 valence electrons. The Balaban J connectivity index is 1.35. The standard InChI is InChI=1S/C30H32FN7O3/c1-4-21-15-38(13-18(2)33-21)26-8-7-23(29(39)34-22-10-20-14-37(3)36-27(20)25(31)11-22)28-24(26)12-32-30(35-28)41-17-19-6-5-9-40-16-19/h1,7-8,10-12,14,18-19,21,33H,5-6,9,13,15-17H2,2-3H3,(H,34,39)/t18-,19+,21-/m0/s1. The summed E-state index contributed by atoms with van der Waals surface area (Å²) in [4.78, 5) is 25.0. The molecule has 4 aromatic rings. The monoisotopic (exact) mass is 557 g/mol. The van der Waals surface area contributed by atoms with Gasteiger partial charge in [0.05, 0.1) is 30.3 Å². The molecule has 3 atom stereocenters. The number of nitrogens with zero attached hydrogens (tertiary/aromatic N) is 5. The Labute approximate surface area is 237 Å². The fraction of sp³-hybridized carbons (Fsp3) is 0.400. The topological polar surface area (TPSA) is 106 Å². The second kappa shape index (κ2) is 11.3. The minimum atomic E-state index is -0.515. The normalized spacial score (nSPS) is 21.1. The maximum atomic E-state index is 14.7. The van der Waals surface area contributed by atoms with Gasteiger partial charge in [-0.05, 0) is 44.0 Å². The molecule has 2 aromatic carbocycles. The van der Waals surface area contributed by atoms with Crippen LogP contribution < -0.4 is 20.3 Å². The van der Waals surface area contributed by atoms with Gasteiger partial charge in [0.15, 0.2) is 5.82 Å². The van der Waals surface area contributed by atoms with E-state index in [1.165, 1.54) is 10.7 Å². The number of hydrogen-bond acceptors (Lipinski definition) is 8. The molecule has 10 nitrogen and oxygen atoms in total. The summed E-state index contributed by atoms with van der Waals surface area (Å²) in [5.41, 5.74) is 2.20. The summed E-state index contributed by atoms with van der Waals surface area (Å²) in [7, 11) is 1.72. The van der Waals surface area contributed by atoms with Gasteiger partial charge >= 0.3 is 6.01 Å². The van der Waals surface area contributed by atoms with E-state index in [-0.39, 0.29) is 29.5 Å². The third-order valence-corrected chi connectivity index (χ3v) is 7.51. The van der Waals surface area contributed by atoms with Crippen LogP contribution in [0.25, 0.3) is 21.8 Å². The number of terminal acetylenes is 1. The lowest BCUT2D eigenvalue weighted by molar-refractivity contribution is 0.0336. The summed E-state index contributed by atoms with van der Waals surface area (Å²) in [6.45, 7) is 5.25. The summed E-state index contributed by atoms with van der Waals surface area (Å²) >= 11 is 0. The Kier molecular flexibility index (Phi) is 7.43. The number of hydrogen-bond donors (Lipinski definition) is 2. The molecular weight excluding hydrogens is 525 g/mol. The lowest BCUT2D eigenvalue weighted by Crippen LogP contribution is -2.55. The molecule has 2 aliphatic heterocycles. The Bertz CT molecular complexity index is 1640. The Morgan fingerprint density at radius 2 is 2.20 bits per heavy atom. The van der Waals surface area contributed by atoms with Crippen LogP contribution in [0.5, 0.6) is 6.01 Å². The van der Waals surface area contributed by atoms with E-state index in [9.17, 15) is 9.18 Å². The number of aromatic nitrogens is 4. The van der Waals surface area contributed by atoms with Crippen molar-refractivity contribution < 1.29 is 18.7 Å². The summed E-state index contributed by atoms with van der Waals surface area (Å²) in [5, 5.41) is 11.7. The molecule has 2 aliphatic rings. The van der Waals surface area contributed by atoms with Crippen LogP contribution in [0.15, 0.2) is 36.7 Å². The number of anilines is 2. The third-order valence-electron chi connectivity index (χ3n) is 7.51. The number of carbonyl (C=O) groups is 1. The number of rotatable bonds is 6. The van der Waals surface area contributed by atoms with E-state index < -0.39 is 11.7 Å². The number of fused-ring (bicyclic) bond motifs is 2. The van der Waals surface area contributed by atoms with Gasteiger partial charge in [-0.3, -0.25) is 14.8 Å². The fourth-order valence-corrected chi connectivity index (χ4v) is 5.60. The van der Waals surface area contributed by atoms with Gasteiger partial charge < -0.3 is 19.7 Å². The van der Waals surface area contributed by atoms with Crippen molar-refractivity contribution in [3.63, 3.8) is 0 Å². The molecule has 4 heterocycles. The van der Waals surface area contributed by atoms with Gasteiger partial charge in [0.25, 0.3) is 5.91 Å². The summed E-state index contributed by atoms with van der Waals surface area (Å²) < 4.78 is 27.8. The molecule has 1 amide bonds. The summed E-state index contributed by atoms with van der Waals surface area (Å²) in [6.07, 6.45) is 11.1. The zero-order valence-electron chi connectivity index (χ0n) is 23.1. The van der Waals surface area contributed by atoms with Crippen LogP contribution in [-0.2, 0) is 11.8 Å². The van der Waals surface area contributed by atoms with Crippen molar-refractivity contribution in [1.29, 1.82) is 0 Å². The third kappa shape index (κ3) is 5.66. The molecule has 0 unspecified atom stereocenters. The number of aryl methyl sites for hydroxylation is 1. The molecule has 0 aliphatic carbocycles. The van der Waals surface area contributed by atoms with Crippen LogP contribution in [0.1, 0.15) is 30.1 Å². The van der Waals surface area contributed by atoms with Gasteiger partial charge in [0, 0.05) is 73.2 Å². The molecule has 0 bridgehead atoms. The zero-order chi connectivity index (χ0) is 28.5. The minimum Gasteiger partial charge on any atom is -0.463 e. The van der Waals surface area contributed by atoms with Crippen LogP contribution in [0.3, 0.4) is 0 Å². The number of benzene rings is 2. The van der Waals surface area contributed by atoms with Crippen molar-refractivity contribution in [2.75, 3.05) is 43.1 Å². The van der Waals surface area contributed by atoms with E-state index in [1.54, 1.807) is 31.6 Å². The number of halogens is 1. The molecule has 2 saturated heterocycles. The van der Waals surface area contributed by atoms with E-state index in [0.717, 1.165) is 31.7 Å². The minimum absolute atomic E-state index is 0.115. The molecule has 2 aromatic heterocycles. The lowest BCUT2D eigenvalue weighted by atomic mass is 10.0. The van der Waals surface area contributed by atoms with Gasteiger partial charge in [-0.25, -0.2) is 9.37 Å². The molecule has 0 spiro atoms. The number of amides is 1. The second-order valence-electron chi connectivity index (χ2n) is 10.8. The second-order valence-corrected chi connectivity index (χ2v) is 10.8. The maximum Gasteiger partial charge on any atom is 0.316 e. The quantitative estimate of drug-likeness (QED) is 0.347. The molecule has 41 heavy (non-hydrogen) atoms. The highest BCUT2D eigenvalue weighted by atomic mass is 19.1. The van der Waals surface area contributed by atoms with Crippen molar-refractivity contribution >= 4 is 39.1 Å². The van der Waals surface area contributed by atoms with E-state index in [1.807, 2.05) is 6.07 Å². The largest absolute Gasteiger partial charge is 0.463 e. The highest BCUT2D eigenvalue weighted by molar-refractivity contribution is 6.14. The van der Waals surface area contributed by atoms with Gasteiger partial charge in [-0.2, -0.15) is 10.1 Å². The maximum absolute atomic E-state index is 14.7. The van der Waals surface area contributed by atoms with E-state index in [0.29, 0.717) is 47.3 Å². The number of piperazine rings is 1. The van der Waals surface area contributed by atoms with Gasteiger partial charge in [0.1, 0.15) is 5.52 Å². The highest BCUT2D eigenvalue weighted by Gasteiger charge is 2.26. The number of carbonyl (C=O) groups excluding carboxylic acids is 1. The van der Waals surface area contributed by atoms with Crippen molar-refractivity contribution in [1.82, 2.24) is 25.1 Å². The summed E-state index contributed by atoms with van der Waals surface area (Å²) in [5.74, 6) is 2.12. The Hall–Kier alpha value is -4.27. The van der Waals surface area contributed by atoms with E-state index >= 15 is 0 Å². The predicted molar refractivity (Wildman–Crippen MR) is 155 cm³/mol. The summed E-state index contributed by atoms with van der Waals surface area (Å²) in [6, 6.07) is 6.81. The molecule has 6 rings (SSSR count). The fourth-order valence-electron chi connectivity index (χ4n) is 5.60. The smallest absolute Gasteiger partial charge is 0.316 e. The Morgan fingerprint density at radius 1 is 1.32 bits per heavy atom. The van der Waals surface area contributed by atoms with E-state index in [4.69, 9.17) is 20.9 Å². The number of ether oxygens (including phenoxy) is 2. The number of nitrogens with one attached hydrogen (secondary N) is 2. The van der Waals surface area contributed by atoms with Crippen LogP contribution in [-0.4, -0.2) is 70.6 Å². The van der Waals surface area contributed by atoms with Crippen molar-refractivity contribution in [2.24, 2.45) is 13.0 Å². The van der Waals surface area contributed by atoms with Crippen LogP contribution in [0, 0.1) is 24.1 Å². The van der Waals surface area contributed by atoms with Gasteiger partial charge in [-0.1, -0.05) is 5.92 Å². The first-order chi connectivity index (χ1) is 19.9. The predicted octanol–water partition coefficient (Wildman–Crippen LogP) is 3.51. The first kappa shape index (κ1) is 26.9. The van der Waals surface area contributed by atoms with Crippen molar-refractivity contribution in [3.8, 4) is 18.4 Å². The van der Waals surface area contributed by atoms with Gasteiger partial charge in [-0.15, -0.1) is 6.42 Å². The van der Waals surface area contributed by atoms with Gasteiger partial charge in [0.2, 0.25) is 0 Å². The molecule has 11 heteroatoms. The first-order valence-corrected chi connectivity index (χ1v) is 13.8.